The Morgan fingerprint density at radius 3 is 2.41 bits per heavy atom. The monoisotopic (exact) mass is 477 g/mol. The van der Waals surface area contributed by atoms with E-state index in [0.717, 1.165) is 30.5 Å². The van der Waals surface area contributed by atoms with Gasteiger partial charge in [0.1, 0.15) is 0 Å². The number of rotatable bonds is 9. The van der Waals surface area contributed by atoms with Crippen molar-refractivity contribution in [3.63, 3.8) is 0 Å². The fourth-order valence-corrected chi connectivity index (χ4v) is 4.86. The summed E-state index contributed by atoms with van der Waals surface area (Å²) in [5.41, 5.74) is 4.62. The van der Waals surface area contributed by atoms with E-state index < -0.39 is 10.0 Å². The Morgan fingerprint density at radius 1 is 0.971 bits per heavy atom. The van der Waals surface area contributed by atoms with Crippen molar-refractivity contribution in [1.29, 1.82) is 0 Å². The van der Waals surface area contributed by atoms with E-state index in [0.29, 0.717) is 17.9 Å². The highest BCUT2D eigenvalue weighted by molar-refractivity contribution is 7.89. The van der Waals surface area contributed by atoms with Crippen LogP contribution in [-0.4, -0.2) is 30.7 Å². The number of aromatic nitrogens is 2. The summed E-state index contributed by atoms with van der Waals surface area (Å²) in [7, 11) is -3.50. The van der Waals surface area contributed by atoms with Crippen molar-refractivity contribution in [2.45, 2.75) is 37.6 Å². The highest BCUT2D eigenvalue weighted by atomic mass is 32.2. The topological polar surface area (TPSA) is 98.1 Å². The van der Waals surface area contributed by atoms with Gasteiger partial charge in [-0.2, -0.15) is 9.59 Å². The average molecular weight is 478 g/mol. The van der Waals surface area contributed by atoms with Gasteiger partial charge in [-0.1, -0.05) is 42.0 Å². The minimum absolute atomic E-state index is 0.250. The van der Waals surface area contributed by atoms with Crippen molar-refractivity contribution in [2.75, 3.05) is 6.54 Å². The van der Waals surface area contributed by atoms with Crippen LogP contribution in [-0.2, 0) is 39.0 Å². The van der Waals surface area contributed by atoms with Gasteiger partial charge in [-0.25, -0.2) is 13.1 Å². The second-order valence-corrected chi connectivity index (χ2v) is 9.64. The van der Waals surface area contributed by atoms with Crippen LogP contribution in [0.25, 0.3) is 10.9 Å². The molecule has 0 amide bonds. The molecule has 8 heteroatoms. The molecule has 0 aliphatic carbocycles. The zero-order valence-corrected chi connectivity index (χ0v) is 19.8. The number of pyridine rings is 1. The molecule has 176 valence electrons. The van der Waals surface area contributed by atoms with Gasteiger partial charge in [0.15, 0.2) is 0 Å². The van der Waals surface area contributed by atoms with Crippen LogP contribution in [0.5, 0.6) is 0 Å². The van der Waals surface area contributed by atoms with Crippen LogP contribution in [0, 0.1) is 6.92 Å². The van der Waals surface area contributed by atoms with Crippen LogP contribution >= 0.6 is 0 Å². The van der Waals surface area contributed by atoms with Gasteiger partial charge >= 0.3 is 6.15 Å². The summed E-state index contributed by atoms with van der Waals surface area (Å²) in [5.74, 6) is 0. The molecule has 4 aromatic rings. The number of hydrogen-bond acceptors (Lipinski definition) is 5. The van der Waals surface area contributed by atoms with E-state index >= 15 is 0 Å². The molecular weight excluding hydrogens is 450 g/mol. The van der Waals surface area contributed by atoms with Crippen LogP contribution in [0.2, 0.25) is 0 Å². The van der Waals surface area contributed by atoms with Crippen molar-refractivity contribution < 1.29 is 18.0 Å². The molecule has 2 heterocycles. The van der Waals surface area contributed by atoms with E-state index in [-0.39, 0.29) is 6.15 Å². The summed E-state index contributed by atoms with van der Waals surface area (Å²) in [4.78, 5) is 20.7. The first kappa shape index (κ1) is 25.1. The van der Waals surface area contributed by atoms with E-state index in [1.165, 1.54) is 16.5 Å². The maximum absolute atomic E-state index is 12.6. The molecule has 0 spiro atoms. The minimum Gasteiger partial charge on any atom is -0.347 e. The molecule has 0 aliphatic rings. The average Bonchev–Trinajstić information content (AvgIpc) is 3.18. The van der Waals surface area contributed by atoms with Gasteiger partial charge < -0.3 is 4.57 Å². The maximum atomic E-state index is 12.6. The fraction of sp³-hybridized carbons (Fsp3) is 0.231. The smallest absolute Gasteiger partial charge is 0.347 e. The lowest BCUT2D eigenvalue weighted by molar-refractivity contribution is -0.191. The number of nitrogens with zero attached hydrogens (tertiary/aromatic N) is 2. The first-order valence-corrected chi connectivity index (χ1v) is 12.4. The number of carbonyl (C=O) groups excluding carboxylic acids is 2. The van der Waals surface area contributed by atoms with Gasteiger partial charge in [-0.3, -0.25) is 4.98 Å². The van der Waals surface area contributed by atoms with Gasteiger partial charge in [0.2, 0.25) is 10.0 Å². The number of benzene rings is 2. The summed E-state index contributed by atoms with van der Waals surface area (Å²) in [6.45, 7) is 3.21. The van der Waals surface area contributed by atoms with Crippen molar-refractivity contribution in [3.8, 4) is 0 Å². The van der Waals surface area contributed by atoms with Crippen molar-refractivity contribution in [2.24, 2.45) is 0 Å². The van der Waals surface area contributed by atoms with Gasteiger partial charge in [0, 0.05) is 42.6 Å². The number of aryl methyl sites for hydroxylation is 3. The van der Waals surface area contributed by atoms with Gasteiger partial charge in [-0.15, -0.1) is 0 Å². The number of sulfonamides is 1. The molecule has 0 fully saturated rings. The first-order chi connectivity index (χ1) is 16.4. The molecule has 7 nitrogen and oxygen atoms in total. The molecular formula is C26H27N3O4S. The summed E-state index contributed by atoms with van der Waals surface area (Å²) in [6.07, 6.45) is 8.76. The van der Waals surface area contributed by atoms with E-state index in [1.807, 2.05) is 43.5 Å². The number of nitrogens with one attached hydrogen (secondary N) is 1. The van der Waals surface area contributed by atoms with E-state index in [2.05, 4.69) is 38.7 Å². The Morgan fingerprint density at radius 2 is 1.71 bits per heavy atom. The summed E-state index contributed by atoms with van der Waals surface area (Å²) in [5, 5.41) is 1.18. The van der Waals surface area contributed by atoms with Gasteiger partial charge in [0.05, 0.1) is 4.90 Å². The zero-order chi connectivity index (χ0) is 24.4. The normalized spacial score (nSPS) is 11.0. The molecule has 0 unspecified atom stereocenters. The zero-order valence-electron chi connectivity index (χ0n) is 19.0. The van der Waals surface area contributed by atoms with Crippen LogP contribution in [0.1, 0.15) is 23.1 Å². The van der Waals surface area contributed by atoms with Crippen molar-refractivity contribution in [3.05, 3.63) is 95.9 Å². The third-order valence-corrected chi connectivity index (χ3v) is 6.95. The minimum atomic E-state index is -3.50. The maximum Gasteiger partial charge on any atom is 0.373 e. The molecule has 0 saturated heterocycles. The summed E-state index contributed by atoms with van der Waals surface area (Å²) < 4.78 is 30.1. The van der Waals surface area contributed by atoms with E-state index in [4.69, 9.17) is 9.59 Å². The Kier molecular flexibility index (Phi) is 8.87. The second kappa shape index (κ2) is 12.0. The quantitative estimate of drug-likeness (QED) is 0.394. The standard InChI is InChI=1S/C25H27N3O2S.CO2/c1-20-10-12-23(13-11-20)31(29,30)27-16-14-22-19-28(25-9-3-2-8-24(22)25)17-5-7-21-6-4-15-26-18-21;2-1-3/h2-4,6,8-13,15,18-19,27H,5,7,14,16-17H2,1H3;. The molecule has 0 atom stereocenters. The summed E-state index contributed by atoms with van der Waals surface area (Å²) in [6, 6.07) is 19.3. The van der Waals surface area contributed by atoms with Crippen LogP contribution in [0.15, 0.2) is 84.1 Å². The largest absolute Gasteiger partial charge is 0.373 e. The predicted octanol–water partition coefficient (Wildman–Crippen LogP) is 3.92. The van der Waals surface area contributed by atoms with Crippen LogP contribution in [0.3, 0.4) is 0 Å². The Bertz CT molecular complexity index is 1340. The Hall–Kier alpha value is -3.58. The SMILES string of the molecule is Cc1ccc(S(=O)(=O)NCCc2cn(CCCc3cccnc3)c3ccccc23)cc1.O=C=O. The lowest BCUT2D eigenvalue weighted by Gasteiger charge is -2.07. The second-order valence-electron chi connectivity index (χ2n) is 7.87. The van der Waals surface area contributed by atoms with E-state index in [9.17, 15) is 8.42 Å². The number of para-hydroxylation sites is 1. The molecule has 2 aromatic carbocycles. The number of hydrogen-bond donors (Lipinski definition) is 1. The molecule has 34 heavy (non-hydrogen) atoms. The van der Waals surface area contributed by atoms with E-state index in [1.54, 1.807) is 18.3 Å². The Balaban J connectivity index is 0.00000103. The summed E-state index contributed by atoms with van der Waals surface area (Å²) >= 11 is 0. The van der Waals surface area contributed by atoms with Crippen molar-refractivity contribution in [1.82, 2.24) is 14.3 Å². The number of fused-ring (bicyclic) bond motifs is 1. The Labute approximate surface area is 199 Å². The molecule has 0 bridgehead atoms. The molecule has 2 aromatic heterocycles. The van der Waals surface area contributed by atoms with Crippen molar-refractivity contribution >= 4 is 27.1 Å². The molecule has 0 aliphatic heterocycles. The lowest BCUT2D eigenvalue weighted by atomic mass is 10.1. The first-order valence-electron chi connectivity index (χ1n) is 11.0. The highest BCUT2D eigenvalue weighted by Crippen LogP contribution is 2.22. The van der Waals surface area contributed by atoms with Crippen LogP contribution < -0.4 is 4.72 Å². The predicted molar refractivity (Wildman–Crippen MR) is 130 cm³/mol. The molecule has 0 radical (unpaired) electrons. The van der Waals surface area contributed by atoms with Gasteiger partial charge in [-0.05, 0) is 61.6 Å². The van der Waals surface area contributed by atoms with Crippen LogP contribution in [0.4, 0.5) is 0 Å². The lowest BCUT2D eigenvalue weighted by Crippen LogP contribution is -2.25. The third-order valence-electron chi connectivity index (χ3n) is 5.48. The van der Waals surface area contributed by atoms with Gasteiger partial charge in [0.25, 0.3) is 0 Å². The molecule has 4 rings (SSSR count). The molecule has 1 N–H and O–H groups in total. The highest BCUT2D eigenvalue weighted by Gasteiger charge is 2.14. The molecule has 0 saturated carbocycles. The third kappa shape index (κ3) is 6.71. The fourth-order valence-electron chi connectivity index (χ4n) is 3.83.